The van der Waals surface area contributed by atoms with Gasteiger partial charge in [0.05, 0.1) is 0 Å². The standard InChI is InChI=1S/C12H15ClF2/c1-12(2,3)10(13)7-8-5-4-6-9(14)11(8)15/h4-6,10H,7H2,1-3H3. The molecule has 0 N–H and O–H groups in total. The summed E-state index contributed by atoms with van der Waals surface area (Å²) in [5.74, 6) is -1.60. The van der Waals surface area contributed by atoms with E-state index in [0.717, 1.165) is 6.07 Å². The molecule has 0 amide bonds. The van der Waals surface area contributed by atoms with E-state index < -0.39 is 11.6 Å². The highest BCUT2D eigenvalue weighted by atomic mass is 35.5. The van der Waals surface area contributed by atoms with Gasteiger partial charge in [0.2, 0.25) is 0 Å². The average Bonchev–Trinajstić information content (AvgIpc) is 2.11. The topological polar surface area (TPSA) is 0 Å². The highest BCUT2D eigenvalue weighted by molar-refractivity contribution is 6.21. The van der Waals surface area contributed by atoms with E-state index in [1.54, 1.807) is 6.07 Å². The second-order valence-corrected chi connectivity index (χ2v) is 5.28. The van der Waals surface area contributed by atoms with Crippen LogP contribution in [0.3, 0.4) is 0 Å². The molecule has 0 radical (unpaired) electrons. The minimum atomic E-state index is -0.815. The lowest BCUT2D eigenvalue weighted by Crippen LogP contribution is -2.23. The molecule has 3 heteroatoms. The first-order chi connectivity index (χ1) is 6.82. The van der Waals surface area contributed by atoms with Gasteiger partial charge in [-0.15, -0.1) is 11.6 Å². The highest BCUT2D eigenvalue weighted by Crippen LogP contribution is 2.28. The van der Waals surface area contributed by atoms with Gasteiger partial charge in [-0.3, -0.25) is 0 Å². The highest BCUT2D eigenvalue weighted by Gasteiger charge is 2.24. The predicted molar refractivity (Wildman–Crippen MR) is 59.2 cm³/mol. The van der Waals surface area contributed by atoms with E-state index in [-0.39, 0.29) is 10.8 Å². The molecule has 0 aliphatic rings. The number of hydrogen-bond donors (Lipinski definition) is 0. The molecule has 1 aromatic rings. The maximum absolute atomic E-state index is 13.3. The first-order valence-corrected chi connectivity index (χ1v) is 5.33. The largest absolute Gasteiger partial charge is 0.204 e. The van der Waals surface area contributed by atoms with Gasteiger partial charge < -0.3 is 0 Å². The van der Waals surface area contributed by atoms with Crippen molar-refractivity contribution in [3.63, 3.8) is 0 Å². The van der Waals surface area contributed by atoms with Crippen LogP contribution < -0.4 is 0 Å². The number of hydrogen-bond acceptors (Lipinski definition) is 0. The van der Waals surface area contributed by atoms with E-state index >= 15 is 0 Å². The van der Waals surface area contributed by atoms with E-state index in [0.29, 0.717) is 12.0 Å². The average molecular weight is 233 g/mol. The second kappa shape index (κ2) is 4.48. The summed E-state index contributed by atoms with van der Waals surface area (Å²) >= 11 is 6.13. The Morgan fingerprint density at radius 1 is 1.27 bits per heavy atom. The molecule has 0 aliphatic heterocycles. The summed E-state index contributed by atoms with van der Waals surface area (Å²) in [4.78, 5) is 0. The van der Waals surface area contributed by atoms with Gasteiger partial charge in [-0.1, -0.05) is 32.9 Å². The van der Waals surface area contributed by atoms with Crippen LogP contribution >= 0.6 is 11.6 Å². The Labute approximate surface area is 94.3 Å². The van der Waals surface area contributed by atoms with Crippen molar-refractivity contribution in [1.29, 1.82) is 0 Å². The molecule has 0 saturated carbocycles. The third kappa shape index (κ3) is 3.16. The van der Waals surface area contributed by atoms with Crippen LogP contribution in [0.2, 0.25) is 0 Å². The van der Waals surface area contributed by atoms with Crippen LogP contribution in [0.25, 0.3) is 0 Å². The van der Waals surface area contributed by atoms with Crippen LogP contribution in [0.15, 0.2) is 18.2 Å². The van der Waals surface area contributed by atoms with Crippen LogP contribution in [-0.4, -0.2) is 5.38 Å². The molecule has 1 aromatic carbocycles. The Kier molecular flexibility index (Phi) is 3.72. The lowest BCUT2D eigenvalue weighted by Gasteiger charge is -2.25. The van der Waals surface area contributed by atoms with Gasteiger partial charge in [-0.05, 0) is 23.5 Å². The molecule has 1 unspecified atom stereocenters. The Bertz CT molecular complexity index is 342. The minimum Gasteiger partial charge on any atom is -0.204 e. The van der Waals surface area contributed by atoms with Crippen LogP contribution in [-0.2, 0) is 6.42 Å². The normalized spacial score (nSPS) is 14.0. The lowest BCUT2D eigenvalue weighted by molar-refractivity contribution is 0.381. The summed E-state index contributed by atoms with van der Waals surface area (Å²) < 4.78 is 26.2. The number of benzene rings is 1. The quantitative estimate of drug-likeness (QED) is 0.672. The van der Waals surface area contributed by atoms with Crippen LogP contribution in [0.5, 0.6) is 0 Å². The monoisotopic (exact) mass is 232 g/mol. The van der Waals surface area contributed by atoms with Gasteiger partial charge in [0.25, 0.3) is 0 Å². The summed E-state index contributed by atoms with van der Waals surface area (Å²) in [6.45, 7) is 5.92. The summed E-state index contributed by atoms with van der Waals surface area (Å²) in [5.41, 5.74) is 0.213. The second-order valence-electron chi connectivity index (χ2n) is 4.75. The molecule has 0 nitrogen and oxygen atoms in total. The van der Waals surface area contributed by atoms with Crippen LogP contribution in [0.1, 0.15) is 26.3 Å². The fourth-order valence-corrected chi connectivity index (χ4v) is 1.37. The van der Waals surface area contributed by atoms with Crippen molar-refractivity contribution < 1.29 is 8.78 Å². The predicted octanol–water partition coefficient (Wildman–Crippen LogP) is 4.16. The maximum Gasteiger partial charge on any atom is 0.162 e. The Hall–Kier alpha value is -0.630. The van der Waals surface area contributed by atoms with Crippen molar-refractivity contribution >= 4 is 11.6 Å². The first kappa shape index (κ1) is 12.4. The zero-order chi connectivity index (χ0) is 11.6. The molecule has 0 aliphatic carbocycles. The van der Waals surface area contributed by atoms with Gasteiger partial charge in [-0.2, -0.15) is 0 Å². The first-order valence-electron chi connectivity index (χ1n) is 4.89. The van der Waals surface area contributed by atoms with E-state index in [2.05, 4.69) is 0 Å². The van der Waals surface area contributed by atoms with Gasteiger partial charge in [0.1, 0.15) is 0 Å². The molecule has 84 valence electrons. The molecule has 0 spiro atoms. The van der Waals surface area contributed by atoms with Crippen molar-refractivity contribution in [2.45, 2.75) is 32.6 Å². The van der Waals surface area contributed by atoms with E-state index in [1.165, 1.54) is 6.07 Å². The molecule has 0 bridgehead atoms. The molecule has 0 aromatic heterocycles. The zero-order valence-electron chi connectivity index (χ0n) is 9.15. The third-order valence-electron chi connectivity index (χ3n) is 2.37. The van der Waals surface area contributed by atoms with Gasteiger partial charge in [0.15, 0.2) is 11.6 Å². The van der Waals surface area contributed by atoms with Gasteiger partial charge >= 0.3 is 0 Å². The molecular formula is C12H15ClF2. The van der Waals surface area contributed by atoms with Crippen molar-refractivity contribution in [1.82, 2.24) is 0 Å². The summed E-state index contributed by atoms with van der Waals surface area (Å²) in [6.07, 6.45) is 0.342. The molecule has 15 heavy (non-hydrogen) atoms. The number of alkyl halides is 1. The molecule has 1 rings (SSSR count). The van der Waals surface area contributed by atoms with Crippen molar-refractivity contribution in [2.75, 3.05) is 0 Å². The van der Waals surface area contributed by atoms with Crippen LogP contribution in [0.4, 0.5) is 8.78 Å². The van der Waals surface area contributed by atoms with Crippen LogP contribution in [0, 0.1) is 17.0 Å². The van der Waals surface area contributed by atoms with E-state index in [9.17, 15) is 8.78 Å². The van der Waals surface area contributed by atoms with E-state index in [4.69, 9.17) is 11.6 Å². The van der Waals surface area contributed by atoms with Crippen molar-refractivity contribution in [2.24, 2.45) is 5.41 Å². The molecular weight excluding hydrogens is 218 g/mol. The maximum atomic E-state index is 13.3. The molecule has 0 fully saturated rings. The fourth-order valence-electron chi connectivity index (χ4n) is 1.21. The van der Waals surface area contributed by atoms with Crippen molar-refractivity contribution in [3.8, 4) is 0 Å². The summed E-state index contributed by atoms with van der Waals surface area (Å²) in [7, 11) is 0. The Morgan fingerprint density at radius 2 is 1.87 bits per heavy atom. The smallest absolute Gasteiger partial charge is 0.162 e. The Morgan fingerprint density at radius 3 is 2.40 bits per heavy atom. The van der Waals surface area contributed by atoms with E-state index in [1.807, 2.05) is 20.8 Å². The summed E-state index contributed by atoms with van der Waals surface area (Å²) in [6, 6.07) is 4.18. The fraction of sp³-hybridized carbons (Fsp3) is 0.500. The lowest BCUT2D eigenvalue weighted by atomic mass is 9.88. The number of rotatable bonds is 2. The molecule has 1 atom stereocenters. The zero-order valence-corrected chi connectivity index (χ0v) is 9.91. The van der Waals surface area contributed by atoms with Gasteiger partial charge in [-0.25, -0.2) is 8.78 Å². The third-order valence-corrected chi connectivity index (χ3v) is 3.18. The van der Waals surface area contributed by atoms with Crippen molar-refractivity contribution in [3.05, 3.63) is 35.4 Å². The Balaban J connectivity index is 2.86. The molecule has 0 heterocycles. The molecule has 0 saturated heterocycles. The van der Waals surface area contributed by atoms with Gasteiger partial charge in [0, 0.05) is 5.38 Å². The number of halogens is 3. The summed E-state index contributed by atoms with van der Waals surface area (Å²) in [5, 5.41) is -0.214. The minimum absolute atomic E-state index is 0.125. The SMILES string of the molecule is CC(C)(C)C(Cl)Cc1cccc(F)c1F.